The molecule has 0 aliphatic carbocycles. The van der Waals surface area contributed by atoms with E-state index in [4.69, 9.17) is 0 Å². The number of carbonyl (C=O) groups excluding carboxylic acids is 2. The SMILES string of the molecule is CCC(CO)N(CCC(=O)OC)C(=O)c1ccc(-n2cccc2)cc1. The van der Waals surface area contributed by atoms with Crippen molar-refractivity contribution in [3.8, 4) is 5.69 Å². The third-order valence-electron chi connectivity index (χ3n) is 4.18. The van der Waals surface area contributed by atoms with Crippen LogP contribution in [-0.4, -0.2) is 52.8 Å². The van der Waals surface area contributed by atoms with Crippen molar-refractivity contribution in [1.82, 2.24) is 9.47 Å². The molecule has 0 radical (unpaired) electrons. The maximum absolute atomic E-state index is 12.9. The van der Waals surface area contributed by atoms with Crippen LogP contribution in [0.5, 0.6) is 0 Å². The van der Waals surface area contributed by atoms with Gasteiger partial charge in [-0.25, -0.2) is 0 Å². The Hall–Kier alpha value is -2.60. The van der Waals surface area contributed by atoms with Crippen LogP contribution >= 0.6 is 0 Å². The van der Waals surface area contributed by atoms with E-state index in [0.717, 1.165) is 5.69 Å². The van der Waals surface area contributed by atoms with Gasteiger partial charge in [0, 0.05) is 30.2 Å². The number of aliphatic hydroxyl groups is 1. The maximum Gasteiger partial charge on any atom is 0.307 e. The van der Waals surface area contributed by atoms with E-state index in [1.807, 2.05) is 48.1 Å². The molecule has 1 aromatic heterocycles. The number of amides is 1. The zero-order chi connectivity index (χ0) is 18.2. The fraction of sp³-hybridized carbons (Fsp3) is 0.368. The van der Waals surface area contributed by atoms with Crippen LogP contribution in [0, 0.1) is 0 Å². The Morgan fingerprint density at radius 2 is 1.84 bits per heavy atom. The van der Waals surface area contributed by atoms with Gasteiger partial charge in [-0.05, 0) is 42.8 Å². The zero-order valence-electron chi connectivity index (χ0n) is 14.6. The van der Waals surface area contributed by atoms with E-state index in [1.54, 1.807) is 17.0 Å². The number of rotatable bonds is 8. The van der Waals surface area contributed by atoms with Gasteiger partial charge in [-0.15, -0.1) is 0 Å². The fourth-order valence-electron chi connectivity index (χ4n) is 2.66. The number of esters is 1. The van der Waals surface area contributed by atoms with Crippen molar-refractivity contribution in [2.45, 2.75) is 25.8 Å². The summed E-state index contributed by atoms with van der Waals surface area (Å²) in [5.74, 6) is -0.586. The minimum atomic E-state index is -0.381. The van der Waals surface area contributed by atoms with Gasteiger partial charge in [0.1, 0.15) is 0 Å². The first-order valence-corrected chi connectivity index (χ1v) is 8.32. The normalized spacial score (nSPS) is 11.8. The average Bonchev–Trinajstić information content (AvgIpc) is 3.19. The van der Waals surface area contributed by atoms with Gasteiger partial charge in [-0.1, -0.05) is 6.92 Å². The quantitative estimate of drug-likeness (QED) is 0.746. The Morgan fingerprint density at radius 3 is 2.36 bits per heavy atom. The van der Waals surface area contributed by atoms with Crippen molar-refractivity contribution in [2.24, 2.45) is 0 Å². The van der Waals surface area contributed by atoms with Crippen LogP contribution in [0.15, 0.2) is 48.8 Å². The third-order valence-corrected chi connectivity index (χ3v) is 4.18. The highest BCUT2D eigenvalue weighted by atomic mass is 16.5. The van der Waals surface area contributed by atoms with Crippen LogP contribution in [0.25, 0.3) is 5.69 Å². The van der Waals surface area contributed by atoms with Crippen LogP contribution in [0.1, 0.15) is 30.1 Å². The summed E-state index contributed by atoms with van der Waals surface area (Å²) in [5, 5.41) is 9.57. The van der Waals surface area contributed by atoms with Crippen LogP contribution in [-0.2, 0) is 9.53 Å². The molecule has 1 aromatic carbocycles. The Kier molecular flexibility index (Phi) is 6.77. The lowest BCUT2D eigenvalue weighted by atomic mass is 10.1. The molecular weight excluding hydrogens is 320 g/mol. The number of nitrogens with zero attached hydrogens (tertiary/aromatic N) is 2. The second kappa shape index (κ2) is 9.03. The molecule has 0 saturated carbocycles. The summed E-state index contributed by atoms with van der Waals surface area (Å²) < 4.78 is 6.60. The van der Waals surface area contributed by atoms with Gasteiger partial charge in [0.25, 0.3) is 5.91 Å². The summed E-state index contributed by atoms with van der Waals surface area (Å²) in [6.45, 7) is 1.96. The predicted octanol–water partition coefficient (Wildman–Crippen LogP) is 2.25. The minimum Gasteiger partial charge on any atom is -0.469 e. The van der Waals surface area contributed by atoms with E-state index in [2.05, 4.69) is 4.74 Å². The molecule has 1 amide bonds. The molecule has 2 rings (SSSR count). The number of methoxy groups -OCH3 is 1. The Balaban J connectivity index is 2.18. The van der Waals surface area contributed by atoms with E-state index < -0.39 is 0 Å². The molecule has 1 N–H and O–H groups in total. The summed E-state index contributed by atoms with van der Waals surface area (Å²) in [7, 11) is 1.32. The molecule has 0 spiro atoms. The summed E-state index contributed by atoms with van der Waals surface area (Å²) in [6.07, 6.45) is 4.56. The number of hydrogen-bond acceptors (Lipinski definition) is 4. The highest BCUT2D eigenvalue weighted by molar-refractivity contribution is 5.94. The van der Waals surface area contributed by atoms with Gasteiger partial charge in [0.05, 0.1) is 26.2 Å². The average molecular weight is 344 g/mol. The lowest BCUT2D eigenvalue weighted by molar-refractivity contribution is -0.140. The number of benzene rings is 1. The molecule has 134 valence electrons. The molecule has 6 heteroatoms. The van der Waals surface area contributed by atoms with Crippen LogP contribution in [0.4, 0.5) is 0 Å². The van der Waals surface area contributed by atoms with Gasteiger partial charge in [0.2, 0.25) is 0 Å². The van der Waals surface area contributed by atoms with Gasteiger partial charge in [-0.3, -0.25) is 9.59 Å². The molecular formula is C19H24N2O4. The third kappa shape index (κ3) is 4.70. The maximum atomic E-state index is 12.9. The van der Waals surface area contributed by atoms with E-state index >= 15 is 0 Å². The number of aliphatic hydroxyl groups excluding tert-OH is 1. The highest BCUT2D eigenvalue weighted by Crippen LogP contribution is 2.15. The molecule has 1 heterocycles. The van der Waals surface area contributed by atoms with Crippen molar-refractivity contribution >= 4 is 11.9 Å². The van der Waals surface area contributed by atoms with Crippen LogP contribution in [0.2, 0.25) is 0 Å². The topological polar surface area (TPSA) is 71.8 Å². The monoisotopic (exact) mass is 344 g/mol. The molecule has 0 aliphatic rings. The van der Waals surface area contributed by atoms with Gasteiger partial charge >= 0.3 is 5.97 Å². The lowest BCUT2D eigenvalue weighted by Gasteiger charge is -2.30. The number of ether oxygens (including phenoxy) is 1. The van der Waals surface area contributed by atoms with Gasteiger partial charge in [0.15, 0.2) is 0 Å². The van der Waals surface area contributed by atoms with Gasteiger partial charge in [-0.2, -0.15) is 0 Å². The van der Waals surface area contributed by atoms with E-state index in [9.17, 15) is 14.7 Å². The first kappa shape index (κ1) is 18.7. The summed E-state index contributed by atoms with van der Waals surface area (Å²) >= 11 is 0. The molecule has 0 bridgehead atoms. The minimum absolute atomic E-state index is 0.0974. The number of aromatic nitrogens is 1. The number of carbonyl (C=O) groups is 2. The Labute approximate surface area is 147 Å². The van der Waals surface area contributed by atoms with E-state index in [-0.39, 0.29) is 37.5 Å². The number of hydrogen-bond donors (Lipinski definition) is 1. The second-order valence-electron chi connectivity index (χ2n) is 5.71. The molecule has 25 heavy (non-hydrogen) atoms. The lowest BCUT2D eigenvalue weighted by Crippen LogP contribution is -2.43. The fourth-order valence-corrected chi connectivity index (χ4v) is 2.66. The molecule has 0 saturated heterocycles. The highest BCUT2D eigenvalue weighted by Gasteiger charge is 2.24. The first-order chi connectivity index (χ1) is 12.1. The largest absolute Gasteiger partial charge is 0.469 e. The van der Waals surface area contributed by atoms with Gasteiger partial charge < -0.3 is 19.3 Å². The van der Waals surface area contributed by atoms with Crippen LogP contribution in [0.3, 0.4) is 0 Å². The molecule has 2 aromatic rings. The standard InChI is InChI=1S/C19H24N2O4/c1-3-16(14-22)21(13-10-18(23)25-2)19(24)15-6-8-17(9-7-15)20-11-4-5-12-20/h4-9,11-12,16,22H,3,10,13-14H2,1-2H3. The van der Waals surface area contributed by atoms with Crippen LogP contribution < -0.4 is 0 Å². The van der Waals surface area contributed by atoms with Crippen molar-refractivity contribution in [1.29, 1.82) is 0 Å². The molecule has 0 fully saturated rings. The van der Waals surface area contributed by atoms with Crippen molar-refractivity contribution in [2.75, 3.05) is 20.3 Å². The predicted molar refractivity (Wildman–Crippen MR) is 94.6 cm³/mol. The van der Waals surface area contributed by atoms with E-state index in [0.29, 0.717) is 12.0 Å². The summed E-state index contributed by atoms with van der Waals surface area (Å²) in [4.78, 5) is 25.8. The molecule has 6 nitrogen and oxygen atoms in total. The van der Waals surface area contributed by atoms with E-state index in [1.165, 1.54) is 7.11 Å². The molecule has 1 atom stereocenters. The first-order valence-electron chi connectivity index (χ1n) is 8.32. The summed E-state index contributed by atoms with van der Waals surface area (Å²) in [5.41, 5.74) is 1.48. The summed E-state index contributed by atoms with van der Waals surface area (Å²) in [6, 6.07) is 10.8. The molecule has 1 unspecified atom stereocenters. The molecule has 0 aliphatic heterocycles. The van der Waals surface area contributed by atoms with Crippen molar-refractivity contribution in [3.63, 3.8) is 0 Å². The van der Waals surface area contributed by atoms with Crippen molar-refractivity contribution < 1.29 is 19.4 Å². The Morgan fingerprint density at radius 1 is 1.20 bits per heavy atom. The zero-order valence-corrected chi connectivity index (χ0v) is 14.6. The smallest absolute Gasteiger partial charge is 0.307 e. The second-order valence-corrected chi connectivity index (χ2v) is 5.71. The van der Waals surface area contributed by atoms with Crippen molar-refractivity contribution in [3.05, 3.63) is 54.4 Å². The Bertz CT molecular complexity index is 676.